The number of hydrogen-bond acceptors (Lipinski definition) is 1. The zero-order valence-corrected chi connectivity index (χ0v) is 13.3. The molecule has 1 unspecified atom stereocenters. The standard InChI is InChI=1S/C20H27N/c1-3-21-20(16-19-14-8-7-10-17(19)2)15-9-13-18-11-5-4-6-12-18/h4-8,10-12,14,20-21H,3,9,13,15-16H2,1-2H3. The molecule has 0 aliphatic carbocycles. The molecule has 0 heterocycles. The van der Waals surface area contributed by atoms with Gasteiger partial charge in [0.25, 0.3) is 0 Å². The number of aryl methyl sites for hydroxylation is 2. The molecule has 1 nitrogen and oxygen atoms in total. The fourth-order valence-electron chi connectivity index (χ4n) is 2.87. The Labute approximate surface area is 129 Å². The molecule has 1 N–H and O–H groups in total. The summed E-state index contributed by atoms with van der Waals surface area (Å²) in [5.41, 5.74) is 4.33. The second kappa shape index (κ2) is 8.63. The maximum atomic E-state index is 3.64. The van der Waals surface area contributed by atoms with E-state index in [1.807, 2.05) is 0 Å². The summed E-state index contributed by atoms with van der Waals surface area (Å²) in [4.78, 5) is 0. The van der Waals surface area contributed by atoms with Gasteiger partial charge in [-0.15, -0.1) is 0 Å². The van der Waals surface area contributed by atoms with Gasteiger partial charge in [0, 0.05) is 6.04 Å². The van der Waals surface area contributed by atoms with Crippen LogP contribution in [-0.4, -0.2) is 12.6 Å². The predicted molar refractivity (Wildman–Crippen MR) is 91.7 cm³/mol. The third-order valence-corrected chi connectivity index (χ3v) is 4.08. The van der Waals surface area contributed by atoms with Gasteiger partial charge in [0.15, 0.2) is 0 Å². The summed E-state index contributed by atoms with van der Waals surface area (Å²) in [5.74, 6) is 0. The Hall–Kier alpha value is -1.60. The van der Waals surface area contributed by atoms with E-state index in [2.05, 4.69) is 73.8 Å². The Morgan fingerprint density at radius 3 is 2.38 bits per heavy atom. The van der Waals surface area contributed by atoms with Gasteiger partial charge in [-0.1, -0.05) is 61.5 Å². The first kappa shape index (κ1) is 15.8. The highest BCUT2D eigenvalue weighted by molar-refractivity contribution is 5.26. The number of nitrogens with one attached hydrogen (secondary N) is 1. The quantitative estimate of drug-likeness (QED) is 0.749. The van der Waals surface area contributed by atoms with Crippen molar-refractivity contribution < 1.29 is 0 Å². The van der Waals surface area contributed by atoms with E-state index in [4.69, 9.17) is 0 Å². The lowest BCUT2D eigenvalue weighted by atomic mass is 9.96. The van der Waals surface area contributed by atoms with Gasteiger partial charge >= 0.3 is 0 Å². The second-order valence-corrected chi connectivity index (χ2v) is 5.76. The molecule has 0 bridgehead atoms. The van der Waals surface area contributed by atoms with Crippen molar-refractivity contribution in [2.24, 2.45) is 0 Å². The van der Waals surface area contributed by atoms with Crippen molar-refractivity contribution in [2.75, 3.05) is 6.54 Å². The van der Waals surface area contributed by atoms with Gasteiger partial charge in [-0.3, -0.25) is 0 Å². The first-order chi connectivity index (χ1) is 10.3. The molecule has 0 aliphatic heterocycles. The Morgan fingerprint density at radius 2 is 1.67 bits per heavy atom. The molecule has 21 heavy (non-hydrogen) atoms. The van der Waals surface area contributed by atoms with Crippen LogP contribution in [0, 0.1) is 6.92 Å². The summed E-state index contributed by atoms with van der Waals surface area (Å²) < 4.78 is 0. The zero-order chi connectivity index (χ0) is 14.9. The van der Waals surface area contributed by atoms with Crippen LogP contribution in [0.2, 0.25) is 0 Å². The third-order valence-electron chi connectivity index (χ3n) is 4.08. The summed E-state index contributed by atoms with van der Waals surface area (Å²) in [7, 11) is 0. The van der Waals surface area contributed by atoms with Crippen LogP contribution in [-0.2, 0) is 12.8 Å². The largest absolute Gasteiger partial charge is 0.314 e. The van der Waals surface area contributed by atoms with E-state index >= 15 is 0 Å². The van der Waals surface area contributed by atoms with Gasteiger partial charge in [-0.05, 0) is 55.8 Å². The Morgan fingerprint density at radius 1 is 0.952 bits per heavy atom. The highest BCUT2D eigenvalue weighted by Gasteiger charge is 2.09. The molecule has 0 aromatic heterocycles. The molecule has 1 atom stereocenters. The summed E-state index contributed by atoms with van der Waals surface area (Å²) in [6.45, 7) is 5.45. The van der Waals surface area contributed by atoms with Gasteiger partial charge in [-0.2, -0.15) is 0 Å². The van der Waals surface area contributed by atoms with E-state index < -0.39 is 0 Å². The van der Waals surface area contributed by atoms with Crippen molar-refractivity contribution in [1.29, 1.82) is 0 Å². The fraction of sp³-hybridized carbons (Fsp3) is 0.400. The molecule has 0 fully saturated rings. The van der Waals surface area contributed by atoms with E-state index in [0.717, 1.165) is 13.0 Å². The minimum atomic E-state index is 0.583. The molecule has 0 aliphatic rings. The minimum absolute atomic E-state index is 0.583. The lowest BCUT2D eigenvalue weighted by molar-refractivity contribution is 0.475. The summed E-state index contributed by atoms with van der Waals surface area (Å²) in [6, 6.07) is 20.1. The normalized spacial score (nSPS) is 12.3. The topological polar surface area (TPSA) is 12.0 Å². The third kappa shape index (κ3) is 5.35. The van der Waals surface area contributed by atoms with Crippen LogP contribution in [0.5, 0.6) is 0 Å². The molecular formula is C20H27N. The van der Waals surface area contributed by atoms with Gasteiger partial charge in [0.1, 0.15) is 0 Å². The molecule has 2 aromatic rings. The number of likely N-dealkylation sites (N-methyl/N-ethyl adjacent to an activating group) is 1. The maximum Gasteiger partial charge on any atom is 0.0108 e. The molecule has 2 rings (SSSR count). The van der Waals surface area contributed by atoms with E-state index in [1.165, 1.54) is 36.0 Å². The number of rotatable bonds is 8. The molecular weight excluding hydrogens is 254 g/mol. The predicted octanol–water partition coefficient (Wildman–Crippen LogP) is 4.54. The van der Waals surface area contributed by atoms with Crippen LogP contribution >= 0.6 is 0 Å². The average Bonchev–Trinajstić information content (AvgIpc) is 2.51. The molecule has 112 valence electrons. The summed E-state index contributed by atoms with van der Waals surface area (Å²) >= 11 is 0. The smallest absolute Gasteiger partial charge is 0.0108 e. The Balaban J connectivity index is 1.86. The van der Waals surface area contributed by atoms with Crippen molar-refractivity contribution in [3.05, 3.63) is 71.3 Å². The number of hydrogen-bond donors (Lipinski definition) is 1. The highest BCUT2D eigenvalue weighted by atomic mass is 14.9. The fourth-order valence-corrected chi connectivity index (χ4v) is 2.87. The molecule has 0 radical (unpaired) electrons. The SMILES string of the molecule is CCNC(CCCc1ccccc1)Cc1ccccc1C. The van der Waals surface area contributed by atoms with E-state index in [-0.39, 0.29) is 0 Å². The Bertz CT molecular complexity index is 518. The lowest BCUT2D eigenvalue weighted by Crippen LogP contribution is -2.31. The first-order valence-electron chi connectivity index (χ1n) is 8.11. The van der Waals surface area contributed by atoms with Gasteiger partial charge in [0.05, 0.1) is 0 Å². The van der Waals surface area contributed by atoms with Crippen LogP contribution < -0.4 is 5.32 Å². The molecule has 0 amide bonds. The van der Waals surface area contributed by atoms with Gasteiger partial charge in [0.2, 0.25) is 0 Å². The van der Waals surface area contributed by atoms with Crippen molar-refractivity contribution in [3.63, 3.8) is 0 Å². The van der Waals surface area contributed by atoms with Crippen molar-refractivity contribution in [2.45, 2.75) is 45.6 Å². The van der Waals surface area contributed by atoms with Crippen molar-refractivity contribution in [1.82, 2.24) is 5.32 Å². The van der Waals surface area contributed by atoms with E-state index in [1.54, 1.807) is 0 Å². The maximum absolute atomic E-state index is 3.64. The van der Waals surface area contributed by atoms with Crippen LogP contribution in [0.4, 0.5) is 0 Å². The highest BCUT2D eigenvalue weighted by Crippen LogP contribution is 2.14. The van der Waals surface area contributed by atoms with Crippen LogP contribution in [0.3, 0.4) is 0 Å². The van der Waals surface area contributed by atoms with Crippen molar-refractivity contribution in [3.8, 4) is 0 Å². The first-order valence-corrected chi connectivity index (χ1v) is 8.11. The summed E-state index contributed by atoms with van der Waals surface area (Å²) in [5, 5.41) is 3.64. The van der Waals surface area contributed by atoms with Crippen LogP contribution in [0.15, 0.2) is 54.6 Å². The van der Waals surface area contributed by atoms with E-state index in [0.29, 0.717) is 6.04 Å². The molecule has 0 saturated heterocycles. The molecule has 2 aromatic carbocycles. The minimum Gasteiger partial charge on any atom is -0.314 e. The van der Waals surface area contributed by atoms with E-state index in [9.17, 15) is 0 Å². The summed E-state index contributed by atoms with van der Waals surface area (Å²) in [6.07, 6.45) is 4.79. The average molecular weight is 281 g/mol. The molecule has 0 saturated carbocycles. The molecule has 1 heteroatoms. The molecule has 0 spiro atoms. The lowest BCUT2D eigenvalue weighted by Gasteiger charge is -2.19. The Kier molecular flexibility index (Phi) is 6.49. The number of benzene rings is 2. The second-order valence-electron chi connectivity index (χ2n) is 5.76. The van der Waals surface area contributed by atoms with Gasteiger partial charge < -0.3 is 5.32 Å². The van der Waals surface area contributed by atoms with Crippen LogP contribution in [0.1, 0.15) is 36.5 Å². The van der Waals surface area contributed by atoms with Gasteiger partial charge in [-0.25, -0.2) is 0 Å². The zero-order valence-electron chi connectivity index (χ0n) is 13.3. The van der Waals surface area contributed by atoms with Crippen LogP contribution in [0.25, 0.3) is 0 Å². The van der Waals surface area contributed by atoms with Crippen molar-refractivity contribution >= 4 is 0 Å². The monoisotopic (exact) mass is 281 g/mol.